The van der Waals surface area contributed by atoms with E-state index >= 15 is 0 Å². The van der Waals surface area contributed by atoms with Crippen molar-refractivity contribution < 1.29 is 4.42 Å². The van der Waals surface area contributed by atoms with E-state index in [1.165, 1.54) is 6.33 Å². The highest BCUT2D eigenvalue weighted by molar-refractivity contribution is 7.80. The topological polar surface area (TPSA) is 51.8 Å². The first-order chi connectivity index (χ1) is 5.77. The van der Waals surface area contributed by atoms with E-state index in [1.54, 1.807) is 6.20 Å². The van der Waals surface area contributed by atoms with E-state index < -0.39 is 0 Å². The summed E-state index contributed by atoms with van der Waals surface area (Å²) in [7, 11) is 0. The van der Waals surface area contributed by atoms with Gasteiger partial charge in [0.15, 0.2) is 5.58 Å². The van der Waals surface area contributed by atoms with Gasteiger partial charge in [-0.15, -0.1) is 0 Å². The molecule has 4 nitrogen and oxygen atoms in total. The lowest BCUT2D eigenvalue weighted by Crippen LogP contribution is -1.82. The molecule has 0 aromatic carbocycles. The molecule has 0 amide bonds. The molecule has 1 atom stereocenters. The Morgan fingerprint density at radius 2 is 2.42 bits per heavy atom. The fourth-order valence-corrected chi connectivity index (χ4v) is 0.995. The summed E-state index contributed by atoms with van der Waals surface area (Å²) in [5.41, 5.74) is 1.19. The van der Waals surface area contributed by atoms with Crippen molar-refractivity contribution in [3.63, 3.8) is 0 Å². The molecule has 62 valence electrons. The van der Waals surface area contributed by atoms with E-state index in [-0.39, 0.29) is 5.25 Å². The van der Waals surface area contributed by atoms with Gasteiger partial charge in [-0.3, -0.25) is 0 Å². The van der Waals surface area contributed by atoms with Crippen LogP contribution in [-0.2, 0) is 0 Å². The van der Waals surface area contributed by atoms with Crippen molar-refractivity contribution in [1.82, 2.24) is 15.0 Å². The highest BCUT2D eigenvalue weighted by Gasteiger charge is 2.09. The summed E-state index contributed by atoms with van der Waals surface area (Å²) in [6, 6.07) is 0. The number of thiol groups is 1. The van der Waals surface area contributed by atoms with Crippen LogP contribution in [0.3, 0.4) is 0 Å². The van der Waals surface area contributed by atoms with E-state index in [4.69, 9.17) is 4.42 Å². The summed E-state index contributed by atoms with van der Waals surface area (Å²) >= 11 is 4.19. The zero-order chi connectivity index (χ0) is 8.55. The molecule has 0 bridgehead atoms. The number of nitrogens with zero attached hydrogens (tertiary/aromatic N) is 3. The van der Waals surface area contributed by atoms with Gasteiger partial charge in [0.1, 0.15) is 6.33 Å². The van der Waals surface area contributed by atoms with E-state index in [1.807, 2.05) is 6.92 Å². The van der Waals surface area contributed by atoms with Crippen molar-refractivity contribution >= 4 is 23.9 Å². The van der Waals surface area contributed by atoms with Gasteiger partial charge < -0.3 is 4.42 Å². The molecule has 0 N–H and O–H groups in total. The zero-order valence-electron chi connectivity index (χ0n) is 6.43. The predicted octanol–water partition coefficient (Wildman–Crippen LogP) is 1.61. The van der Waals surface area contributed by atoms with Gasteiger partial charge in [-0.25, -0.2) is 9.97 Å². The normalized spacial score (nSPS) is 13.5. The second-order valence-corrected chi connectivity index (χ2v) is 3.21. The number of hydrogen-bond acceptors (Lipinski definition) is 5. The Hall–Kier alpha value is -1.10. The van der Waals surface area contributed by atoms with Crippen LogP contribution in [0.15, 0.2) is 16.9 Å². The first kappa shape index (κ1) is 7.54. The van der Waals surface area contributed by atoms with E-state index in [0.29, 0.717) is 17.1 Å². The SMILES string of the molecule is CC(S)c1nc2ncncc2o1. The second-order valence-electron chi connectivity index (χ2n) is 2.44. The molecule has 2 rings (SSSR count). The number of rotatable bonds is 1. The van der Waals surface area contributed by atoms with Crippen LogP contribution in [0.1, 0.15) is 18.1 Å². The van der Waals surface area contributed by atoms with Gasteiger partial charge in [-0.2, -0.15) is 17.6 Å². The zero-order valence-corrected chi connectivity index (χ0v) is 7.32. The summed E-state index contributed by atoms with van der Waals surface area (Å²) in [6.07, 6.45) is 3.03. The van der Waals surface area contributed by atoms with Gasteiger partial charge >= 0.3 is 0 Å². The van der Waals surface area contributed by atoms with Crippen molar-refractivity contribution in [3.8, 4) is 0 Å². The third-order valence-electron chi connectivity index (χ3n) is 1.45. The molecule has 0 fully saturated rings. The van der Waals surface area contributed by atoms with Gasteiger partial charge in [0.2, 0.25) is 11.5 Å². The molecule has 0 saturated heterocycles. The third-order valence-corrected chi connectivity index (χ3v) is 1.67. The lowest BCUT2D eigenvalue weighted by molar-refractivity contribution is 0.534. The van der Waals surface area contributed by atoms with E-state index in [9.17, 15) is 0 Å². The maximum absolute atomic E-state index is 5.32. The Kier molecular flexibility index (Phi) is 1.73. The van der Waals surface area contributed by atoms with Crippen LogP contribution in [0.5, 0.6) is 0 Å². The lowest BCUT2D eigenvalue weighted by Gasteiger charge is -1.92. The molecule has 5 heteroatoms. The van der Waals surface area contributed by atoms with Crippen molar-refractivity contribution in [1.29, 1.82) is 0 Å². The van der Waals surface area contributed by atoms with Crippen molar-refractivity contribution in [2.75, 3.05) is 0 Å². The summed E-state index contributed by atoms with van der Waals surface area (Å²) in [4.78, 5) is 11.9. The Bertz CT molecular complexity index is 365. The highest BCUT2D eigenvalue weighted by Crippen LogP contribution is 2.21. The summed E-state index contributed by atoms with van der Waals surface area (Å²) in [6.45, 7) is 1.89. The minimum atomic E-state index is -0.0146. The molecule has 12 heavy (non-hydrogen) atoms. The average Bonchev–Trinajstić information content (AvgIpc) is 2.46. The molecule has 0 saturated carbocycles. The monoisotopic (exact) mass is 181 g/mol. The van der Waals surface area contributed by atoms with Crippen LogP contribution in [0, 0.1) is 0 Å². The van der Waals surface area contributed by atoms with Crippen LogP contribution in [0.2, 0.25) is 0 Å². The number of oxazole rings is 1. The third kappa shape index (κ3) is 1.16. The predicted molar refractivity (Wildman–Crippen MR) is 47.0 cm³/mol. The average molecular weight is 181 g/mol. The molecule has 2 aromatic heterocycles. The molecule has 0 radical (unpaired) electrons. The Labute approximate surface area is 74.5 Å². The quantitative estimate of drug-likeness (QED) is 0.679. The molecule has 0 spiro atoms. The first-order valence-electron chi connectivity index (χ1n) is 3.52. The summed E-state index contributed by atoms with van der Waals surface area (Å²) in [5, 5.41) is -0.0146. The smallest absolute Gasteiger partial charge is 0.209 e. The van der Waals surface area contributed by atoms with Crippen molar-refractivity contribution in [2.24, 2.45) is 0 Å². The van der Waals surface area contributed by atoms with Crippen molar-refractivity contribution in [2.45, 2.75) is 12.2 Å². The number of fused-ring (bicyclic) bond motifs is 1. The largest absolute Gasteiger partial charge is 0.436 e. The maximum atomic E-state index is 5.32. The van der Waals surface area contributed by atoms with E-state index in [2.05, 4.69) is 27.6 Å². The minimum Gasteiger partial charge on any atom is -0.436 e. The Morgan fingerprint density at radius 1 is 1.58 bits per heavy atom. The van der Waals surface area contributed by atoms with Crippen molar-refractivity contribution in [3.05, 3.63) is 18.4 Å². The molecule has 0 aliphatic carbocycles. The summed E-state index contributed by atoms with van der Waals surface area (Å²) in [5.74, 6) is 0.578. The van der Waals surface area contributed by atoms with Gasteiger partial charge in [0.25, 0.3) is 0 Å². The van der Waals surface area contributed by atoms with Gasteiger partial charge in [0.05, 0.1) is 11.4 Å². The molecule has 2 heterocycles. The van der Waals surface area contributed by atoms with E-state index in [0.717, 1.165) is 0 Å². The Balaban J connectivity index is 2.62. The molecule has 1 unspecified atom stereocenters. The summed E-state index contributed by atoms with van der Waals surface area (Å²) < 4.78 is 5.32. The van der Waals surface area contributed by atoms with Crippen LogP contribution in [0.25, 0.3) is 11.2 Å². The minimum absolute atomic E-state index is 0.0146. The van der Waals surface area contributed by atoms with Gasteiger partial charge in [0, 0.05) is 0 Å². The fraction of sp³-hybridized carbons (Fsp3) is 0.286. The van der Waals surface area contributed by atoms with Crippen LogP contribution >= 0.6 is 12.6 Å². The Morgan fingerprint density at radius 3 is 3.08 bits per heavy atom. The lowest BCUT2D eigenvalue weighted by atomic mass is 10.5. The highest BCUT2D eigenvalue weighted by atomic mass is 32.1. The second kappa shape index (κ2) is 2.75. The van der Waals surface area contributed by atoms with Gasteiger partial charge in [-0.1, -0.05) is 0 Å². The van der Waals surface area contributed by atoms with Crippen LogP contribution in [0.4, 0.5) is 0 Å². The first-order valence-corrected chi connectivity index (χ1v) is 4.03. The molecule has 2 aromatic rings. The molecular formula is C7H7N3OS. The molecule has 0 aliphatic rings. The maximum Gasteiger partial charge on any atom is 0.209 e. The molecule has 0 aliphatic heterocycles. The standard InChI is InChI=1S/C7H7N3OS/c1-4(12)7-10-6-5(11-7)2-8-3-9-6/h2-4,12H,1H3. The number of hydrogen-bond donors (Lipinski definition) is 1. The van der Waals surface area contributed by atoms with Crippen LogP contribution in [-0.4, -0.2) is 15.0 Å². The number of aromatic nitrogens is 3. The van der Waals surface area contributed by atoms with Crippen LogP contribution < -0.4 is 0 Å². The fourth-order valence-electron chi connectivity index (χ4n) is 0.885. The van der Waals surface area contributed by atoms with Gasteiger partial charge in [-0.05, 0) is 6.92 Å². The molecular weight excluding hydrogens is 174 g/mol.